The van der Waals surface area contributed by atoms with E-state index < -0.39 is 56.2 Å². The fraction of sp³-hybridized carbons (Fsp3) is 0.684. The summed E-state index contributed by atoms with van der Waals surface area (Å²) in [4.78, 5) is 42.7. The Morgan fingerprint density at radius 2 is 0.721 bits per heavy atom. The molecule has 3 saturated heterocycles. The summed E-state index contributed by atoms with van der Waals surface area (Å²) < 4.78 is 125. The maximum atomic E-state index is 15.6. The molecule has 6 aromatic heterocycles. The number of phosphoric acid groups is 1. The molecule has 3 aliphatic carbocycles. The SMILES string of the molecule is CN(c1ncnc2[nH]ccc12)C1CCC(CS(=O)(=O)N2CCC[C@@H](OP(=O)(O[C@@H]3CCCN(S(=O)(=O)CC4CCC(N(C)c5ncnc6[nH]ccc56)CC4)C3)O[C@@H]3CCCN(S(=O)(=O)CC4CCC(N(C)c5ncnc6[nH]ccc56)CC4)C3)C2)CC1. The lowest BCUT2D eigenvalue weighted by Crippen LogP contribution is -2.47. The Morgan fingerprint density at radius 3 is 1.00 bits per heavy atom. The van der Waals surface area contributed by atoms with Crippen LogP contribution < -0.4 is 14.7 Å². The number of H-pyrrole nitrogens is 3. The second kappa shape index (κ2) is 25.9. The highest BCUT2D eigenvalue weighted by Crippen LogP contribution is 2.55. The van der Waals surface area contributed by atoms with Gasteiger partial charge in [-0.2, -0.15) is 12.9 Å². The van der Waals surface area contributed by atoms with Crippen LogP contribution in [0.5, 0.6) is 0 Å². The van der Waals surface area contributed by atoms with E-state index in [1.54, 1.807) is 19.0 Å². The van der Waals surface area contributed by atoms with Crippen molar-refractivity contribution >= 4 is 88.4 Å². The molecule has 3 saturated carbocycles. The van der Waals surface area contributed by atoms with Gasteiger partial charge in [0, 0.05) is 97.1 Å². The molecule has 86 heavy (non-hydrogen) atoms. The highest BCUT2D eigenvalue weighted by atomic mass is 32.2. The number of nitrogens with zero attached hydrogens (tertiary/aromatic N) is 12. The van der Waals surface area contributed by atoms with Crippen LogP contribution in [0.2, 0.25) is 0 Å². The number of hydrogen-bond donors (Lipinski definition) is 3. The predicted octanol–water partition coefficient (Wildman–Crippen LogP) is 7.43. The molecule has 6 aliphatic rings. The van der Waals surface area contributed by atoms with E-state index in [1.165, 1.54) is 12.9 Å². The number of fused-ring (bicyclic) bond motifs is 3. The standard InChI is InChI=1S/C57H84N15O10PS3/c1-67(55-49-22-25-58-52(49)61-37-64-55)43-16-10-40(11-17-43)34-84(74,75)70-28-4-7-46(31-70)80-83(73,81-47-8-5-29-71(32-47)85(76,77)35-41-12-18-44(19-13-41)68(2)56-50-23-26-59-53(50)62-38-65-56)82-48-9-6-30-72(33-48)86(78,79)36-42-14-20-45(21-15-42)69(3)57-51-24-27-60-54(51)63-39-66-57/h22-27,37-48H,4-21,28-36H2,1-3H3,(H,58,61,64)(H,59,62,65)(H,60,63,66)/t40?,41?,42?,43?,44?,45?,46-,47-,48-,83?/m1/s1. The van der Waals surface area contributed by atoms with Crippen molar-refractivity contribution in [2.75, 3.05) is 92.4 Å². The first kappa shape index (κ1) is 61.3. The van der Waals surface area contributed by atoms with Gasteiger partial charge >= 0.3 is 7.82 Å². The first-order valence-electron chi connectivity index (χ1n) is 31.0. The number of phosphoric ester groups is 1. The summed E-state index contributed by atoms with van der Waals surface area (Å²) in [5, 5.41) is 2.82. The van der Waals surface area contributed by atoms with Crippen molar-refractivity contribution in [1.82, 2.24) is 57.8 Å². The molecule has 29 heteroatoms. The van der Waals surface area contributed by atoms with Gasteiger partial charge in [0.25, 0.3) is 0 Å². The molecule has 3 N–H and O–H groups in total. The minimum absolute atomic E-state index is 0.0209. The van der Waals surface area contributed by atoms with Gasteiger partial charge in [-0.3, -0.25) is 13.6 Å². The topological polar surface area (TPSA) is 291 Å². The van der Waals surface area contributed by atoms with Crippen LogP contribution in [-0.2, 0) is 48.2 Å². The van der Waals surface area contributed by atoms with Crippen molar-refractivity contribution in [3.8, 4) is 0 Å². The number of sulfonamides is 3. The molecule has 9 heterocycles. The zero-order valence-electron chi connectivity index (χ0n) is 49.6. The highest BCUT2D eigenvalue weighted by Gasteiger charge is 2.45. The fourth-order valence-corrected chi connectivity index (χ4v) is 22.2. The molecule has 0 bridgehead atoms. The summed E-state index contributed by atoms with van der Waals surface area (Å²) in [5.74, 6) is 2.30. The zero-order valence-corrected chi connectivity index (χ0v) is 52.9. The van der Waals surface area contributed by atoms with Gasteiger partial charge in [-0.15, -0.1) is 0 Å². The molecule has 0 amide bonds. The lowest BCUT2D eigenvalue weighted by atomic mass is 9.86. The fourth-order valence-electron chi connectivity index (χ4n) is 14.6. The van der Waals surface area contributed by atoms with E-state index in [4.69, 9.17) is 13.6 Å². The predicted molar refractivity (Wildman–Crippen MR) is 330 cm³/mol. The van der Waals surface area contributed by atoms with Gasteiger partial charge in [-0.05, 0) is 152 Å². The monoisotopic (exact) mass is 1270 g/mol. The van der Waals surface area contributed by atoms with Gasteiger partial charge in [0.15, 0.2) is 0 Å². The number of anilines is 3. The number of rotatable bonds is 21. The second-order valence-electron chi connectivity index (χ2n) is 25.1. The van der Waals surface area contributed by atoms with Crippen LogP contribution in [0.1, 0.15) is 116 Å². The van der Waals surface area contributed by atoms with Crippen molar-refractivity contribution in [1.29, 1.82) is 0 Å². The second-order valence-corrected chi connectivity index (χ2v) is 32.7. The van der Waals surface area contributed by atoms with Crippen molar-refractivity contribution in [3.63, 3.8) is 0 Å². The smallest absolute Gasteiger partial charge is 0.356 e. The molecular formula is C57H84N15O10PS3. The summed E-state index contributed by atoms with van der Waals surface area (Å²) >= 11 is 0. The molecule has 470 valence electrons. The van der Waals surface area contributed by atoms with E-state index >= 15 is 4.57 Å². The molecule has 0 radical (unpaired) electrons. The van der Waals surface area contributed by atoms with Gasteiger partial charge < -0.3 is 29.7 Å². The molecule has 3 aliphatic heterocycles. The van der Waals surface area contributed by atoms with E-state index in [9.17, 15) is 25.3 Å². The Labute approximate surface area is 504 Å². The molecule has 12 rings (SSSR count). The van der Waals surface area contributed by atoms with Gasteiger partial charge in [0.05, 0.1) is 51.7 Å². The highest BCUT2D eigenvalue weighted by molar-refractivity contribution is 7.89. The minimum Gasteiger partial charge on any atom is -0.356 e. The minimum atomic E-state index is -4.64. The van der Waals surface area contributed by atoms with E-state index in [2.05, 4.69) is 59.6 Å². The maximum absolute atomic E-state index is 15.6. The number of piperidine rings is 3. The summed E-state index contributed by atoms with van der Waals surface area (Å²) in [7, 11) is -9.89. The average molecular weight is 1270 g/mol. The van der Waals surface area contributed by atoms with Crippen molar-refractivity contribution < 1.29 is 43.4 Å². The number of hydrogen-bond acceptors (Lipinski definition) is 19. The summed E-state index contributed by atoms with van der Waals surface area (Å²) in [6.07, 6.45) is 19.3. The van der Waals surface area contributed by atoms with E-state index in [-0.39, 0.29) is 92.4 Å². The Morgan fingerprint density at radius 1 is 0.442 bits per heavy atom. The molecule has 6 aromatic rings. The van der Waals surface area contributed by atoms with Crippen molar-refractivity contribution in [2.45, 2.75) is 152 Å². The van der Waals surface area contributed by atoms with E-state index in [0.717, 1.165) is 128 Å². The van der Waals surface area contributed by atoms with Crippen LogP contribution >= 0.6 is 7.82 Å². The molecule has 25 nitrogen and oxygen atoms in total. The Hall–Kier alpha value is -4.90. The normalized spacial score (nSPS) is 28.0. The van der Waals surface area contributed by atoms with Gasteiger partial charge in [-0.1, -0.05) is 0 Å². The van der Waals surface area contributed by atoms with Crippen LogP contribution in [0.4, 0.5) is 17.5 Å². The van der Waals surface area contributed by atoms with Crippen molar-refractivity contribution in [3.05, 3.63) is 55.8 Å². The third-order valence-corrected chi connectivity index (χ3v) is 27.2. The third kappa shape index (κ3) is 13.8. The van der Waals surface area contributed by atoms with Crippen LogP contribution in [0.25, 0.3) is 33.1 Å². The molecule has 6 fully saturated rings. The zero-order chi connectivity index (χ0) is 59.8. The number of nitrogens with one attached hydrogen (secondary N) is 3. The quantitative estimate of drug-likeness (QED) is 0.0590. The number of aromatic amines is 3. The third-order valence-electron chi connectivity index (χ3n) is 19.5. The maximum Gasteiger partial charge on any atom is 0.475 e. The lowest BCUT2D eigenvalue weighted by Gasteiger charge is -2.39. The Bertz CT molecular complexity index is 3310. The van der Waals surface area contributed by atoms with Crippen LogP contribution in [0, 0.1) is 17.8 Å². The molecule has 0 unspecified atom stereocenters. The van der Waals surface area contributed by atoms with Gasteiger partial charge in [0.2, 0.25) is 30.1 Å². The van der Waals surface area contributed by atoms with Crippen LogP contribution in [0.3, 0.4) is 0 Å². The molecule has 0 spiro atoms. The number of aromatic nitrogens is 9. The Kier molecular flexibility index (Phi) is 18.5. The summed E-state index contributed by atoms with van der Waals surface area (Å²) in [6.45, 7) is 0.670. The average Bonchev–Trinajstić information content (AvgIpc) is 3.37. The van der Waals surface area contributed by atoms with Crippen molar-refractivity contribution in [2.24, 2.45) is 17.8 Å². The molecule has 0 aromatic carbocycles. The van der Waals surface area contributed by atoms with Crippen LogP contribution in [-0.4, -0.2) is 197 Å². The van der Waals surface area contributed by atoms with E-state index in [0.29, 0.717) is 38.5 Å². The Balaban J connectivity index is 0.689. The summed E-state index contributed by atoms with van der Waals surface area (Å²) in [6, 6.07) is 6.47. The largest absolute Gasteiger partial charge is 0.475 e. The summed E-state index contributed by atoms with van der Waals surface area (Å²) in [5.41, 5.74) is 2.30. The van der Waals surface area contributed by atoms with Gasteiger partial charge in [-0.25, -0.2) is 59.7 Å². The van der Waals surface area contributed by atoms with E-state index in [1.807, 2.05) is 57.9 Å². The first-order chi connectivity index (χ1) is 41.4. The molecular weight excluding hydrogens is 1180 g/mol. The molecule has 3 atom stereocenters. The van der Waals surface area contributed by atoms with Gasteiger partial charge in [0.1, 0.15) is 53.4 Å². The first-order valence-corrected chi connectivity index (χ1v) is 37.3. The van der Waals surface area contributed by atoms with Crippen LogP contribution in [0.15, 0.2) is 55.8 Å². The lowest BCUT2D eigenvalue weighted by molar-refractivity contribution is -0.00246.